The summed E-state index contributed by atoms with van der Waals surface area (Å²) < 4.78 is 12.7. The molecule has 1 aromatic heterocycles. The van der Waals surface area contributed by atoms with E-state index < -0.39 is 0 Å². The summed E-state index contributed by atoms with van der Waals surface area (Å²) in [6.07, 6.45) is 0. The molecule has 2 heterocycles. The van der Waals surface area contributed by atoms with E-state index in [-0.39, 0.29) is 11.2 Å². The number of nitrogens with zero attached hydrogens (tertiary/aromatic N) is 2. The molecule has 1 amide bonds. The first-order valence-electron chi connectivity index (χ1n) is 9.32. The van der Waals surface area contributed by atoms with Gasteiger partial charge in [-0.25, -0.2) is 4.68 Å². The molecule has 1 atom stereocenters. The number of ether oxygens (including phenoxy) is 2. The zero-order valence-electron chi connectivity index (χ0n) is 16.9. The molecule has 29 heavy (non-hydrogen) atoms. The average molecular weight is 410 g/mol. The van der Waals surface area contributed by atoms with Crippen LogP contribution in [0.5, 0.6) is 11.5 Å². The highest BCUT2D eigenvalue weighted by atomic mass is 32.2. The highest BCUT2D eigenvalue weighted by Gasteiger charge is 2.31. The predicted octanol–water partition coefficient (Wildman–Crippen LogP) is 4.28. The van der Waals surface area contributed by atoms with Gasteiger partial charge in [0.15, 0.2) is 11.5 Å². The minimum atomic E-state index is -0.0541. The quantitative estimate of drug-likeness (QED) is 0.697. The van der Waals surface area contributed by atoms with E-state index in [9.17, 15) is 4.79 Å². The molecular weight excluding hydrogens is 386 g/mol. The lowest BCUT2D eigenvalue weighted by molar-refractivity contribution is -0.113. The zero-order chi connectivity index (χ0) is 20.5. The molecule has 150 valence electrons. The summed E-state index contributed by atoms with van der Waals surface area (Å²) >= 11 is 1.59. The van der Waals surface area contributed by atoms with E-state index in [4.69, 9.17) is 14.6 Å². The average Bonchev–Trinajstić information content (AvgIpc) is 2.93. The standard InChI is InChI=1S/C22H23N3O3S/c1-13-7-5-6-8-16(13)25-22-20(14(2)24-25)21(29-12-19(26)23-22)15-9-10-17(27-3)18(11-15)28-4/h5-11,21H,12H2,1-4H3,(H,23,26). The van der Waals surface area contributed by atoms with Crippen LogP contribution in [0.3, 0.4) is 0 Å². The van der Waals surface area contributed by atoms with Crippen LogP contribution in [0.15, 0.2) is 42.5 Å². The Kier molecular flexibility index (Phi) is 5.24. The predicted molar refractivity (Wildman–Crippen MR) is 116 cm³/mol. The second-order valence-electron chi connectivity index (χ2n) is 6.90. The normalized spacial score (nSPS) is 16.0. The number of carbonyl (C=O) groups excluding carboxylic acids is 1. The molecule has 0 aliphatic carbocycles. The van der Waals surface area contributed by atoms with Crippen LogP contribution in [0.4, 0.5) is 5.82 Å². The Bertz CT molecular complexity index is 1080. The minimum absolute atomic E-state index is 0.0334. The Balaban J connectivity index is 1.89. The lowest BCUT2D eigenvalue weighted by Gasteiger charge is -2.17. The Morgan fingerprint density at radius 3 is 2.59 bits per heavy atom. The van der Waals surface area contributed by atoms with E-state index >= 15 is 0 Å². The van der Waals surface area contributed by atoms with Crippen molar-refractivity contribution in [3.05, 3.63) is 64.8 Å². The number of thioether (sulfide) groups is 1. The molecule has 1 N–H and O–H groups in total. The maximum atomic E-state index is 12.5. The number of methoxy groups -OCH3 is 2. The van der Waals surface area contributed by atoms with E-state index in [1.54, 1.807) is 26.0 Å². The van der Waals surface area contributed by atoms with E-state index in [1.165, 1.54) is 0 Å². The number of aromatic nitrogens is 2. The Hall–Kier alpha value is -2.93. The fourth-order valence-electron chi connectivity index (χ4n) is 3.64. The van der Waals surface area contributed by atoms with Crippen LogP contribution >= 0.6 is 11.8 Å². The number of rotatable bonds is 4. The summed E-state index contributed by atoms with van der Waals surface area (Å²) in [6, 6.07) is 13.9. The Morgan fingerprint density at radius 1 is 1.10 bits per heavy atom. The van der Waals surface area contributed by atoms with Crippen molar-refractivity contribution in [2.75, 3.05) is 25.3 Å². The summed E-state index contributed by atoms with van der Waals surface area (Å²) in [5, 5.41) is 7.80. The topological polar surface area (TPSA) is 65.4 Å². The van der Waals surface area contributed by atoms with Crippen LogP contribution in [0.2, 0.25) is 0 Å². The van der Waals surface area contributed by atoms with Gasteiger partial charge >= 0.3 is 0 Å². The summed E-state index contributed by atoms with van der Waals surface area (Å²) in [4.78, 5) is 12.5. The van der Waals surface area contributed by atoms with Gasteiger partial charge in [-0.05, 0) is 43.2 Å². The van der Waals surface area contributed by atoms with Crippen molar-refractivity contribution >= 4 is 23.5 Å². The molecule has 0 spiro atoms. The molecule has 0 saturated heterocycles. The van der Waals surface area contributed by atoms with Crippen molar-refractivity contribution in [2.24, 2.45) is 0 Å². The summed E-state index contributed by atoms with van der Waals surface area (Å²) in [7, 11) is 3.24. The number of anilines is 1. The molecule has 0 bridgehead atoms. The maximum absolute atomic E-state index is 12.5. The van der Waals surface area contributed by atoms with Crippen LogP contribution in [0.1, 0.15) is 27.6 Å². The number of benzene rings is 2. The van der Waals surface area contributed by atoms with Crippen molar-refractivity contribution in [3.8, 4) is 17.2 Å². The van der Waals surface area contributed by atoms with Gasteiger partial charge in [-0.2, -0.15) is 5.10 Å². The van der Waals surface area contributed by atoms with Gasteiger partial charge in [0.1, 0.15) is 5.82 Å². The van der Waals surface area contributed by atoms with Crippen LogP contribution in [-0.2, 0) is 4.79 Å². The van der Waals surface area contributed by atoms with Crippen LogP contribution < -0.4 is 14.8 Å². The van der Waals surface area contributed by atoms with Crippen LogP contribution in [0, 0.1) is 13.8 Å². The van der Waals surface area contributed by atoms with Gasteiger partial charge < -0.3 is 14.8 Å². The van der Waals surface area contributed by atoms with Gasteiger partial charge in [0.25, 0.3) is 0 Å². The highest BCUT2D eigenvalue weighted by molar-refractivity contribution is 8.00. The monoisotopic (exact) mass is 409 g/mol. The first-order chi connectivity index (χ1) is 14.0. The molecule has 0 saturated carbocycles. The van der Waals surface area contributed by atoms with Crippen molar-refractivity contribution in [1.29, 1.82) is 0 Å². The molecule has 4 rings (SSSR count). The molecule has 1 aliphatic heterocycles. The van der Waals surface area contributed by atoms with Crippen molar-refractivity contribution in [3.63, 3.8) is 0 Å². The van der Waals surface area contributed by atoms with Gasteiger partial charge in [0.05, 0.1) is 36.6 Å². The lowest BCUT2D eigenvalue weighted by Crippen LogP contribution is -2.16. The van der Waals surface area contributed by atoms with Gasteiger partial charge in [0.2, 0.25) is 5.91 Å². The smallest absolute Gasteiger partial charge is 0.235 e. The maximum Gasteiger partial charge on any atom is 0.235 e. The summed E-state index contributed by atoms with van der Waals surface area (Å²) in [6.45, 7) is 4.03. The largest absolute Gasteiger partial charge is 0.493 e. The van der Waals surface area contributed by atoms with Gasteiger partial charge in [-0.3, -0.25) is 4.79 Å². The number of amides is 1. The Morgan fingerprint density at radius 2 is 1.86 bits per heavy atom. The first-order valence-corrected chi connectivity index (χ1v) is 10.4. The van der Waals surface area contributed by atoms with E-state index in [2.05, 4.69) is 5.32 Å². The van der Waals surface area contributed by atoms with Gasteiger partial charge in [-0.1, -0.05) is 24.3 Å². The number of fused-ring (bicyclic) bond motifs is 1. The summed E-state index contributed by atoms with van der Waals surface area (Å²) in [5.74, 6) is 2.40. The SMILES string of the molecule is COc1ccc(C2SCC(=O)Nc3c2c(C)nn3-c2ccccc2C)cc1OC. The molecule has 3 aromatic rings. The highest BCUT2D eigenvalue weighted by Crippen LogP contribution is 2.45. The minimum Gasteiger partial charge on any atom is -0.493 e. The number of aryl methyl sites for hydroxylation is 2. The third-order valence-electron chi connectivity index (χ3n) is 5.06. The summed E-state index contributed by atoms with van der Waals surface area (Å²) in [5.41, 5.74) is 4.98. The van der Waals surface area contributed by atoms with E-state index in [1.807, 2.05) is 61.0 Å². The third-order valence-corrected chi connectivity index (χ3v) is 6.33. The number of hydrogen-bond donors (Lipinski definition) is 1. The molecule has 0 radical (unpaired) electrons. The molecule has 1 aliphatic rings. The fraction of sp³-hybridized carbons (Fsp3) is 0.273. The van der Waals surface area contributed by atoms with Crippen molar-refractivity contribution < 1.29 is 14.3 Å². The molecule has 6 nitrogen and oxygen atoms in total. The molecule has 2 aromatic carbocycles. The molecule has 1 unspecified atom stereocenters. The van der Waals surface area contributed by atoms with Gasteiger partial charge in [0, 0.05) is 5.56 Å². The number of nitrogens with one attached hydrogen (secondary N) is 1. The molecule has 7 heteroatoms. The van der Waals surface area contributed by atoms with Crippen molar-refractivity contribution in [2.45, 2.75) is 19.1 Å². The van der Waals surface area contributed by atoms with Crippen molar-refractivity contribution in [1.82, 2.24) is 9.78 Å². The molecular formula is C22H23N3O3S. The van der Waals surface area contributed by atoms with Crippen LogP contribution in [-0.4, -0.2) is 35.7 Å². The number of hydrogen-bond acceptors (Lipinski definition) is 5. The van der Waals surface area contributed by atoms with Crippen LogP contribution in [0.25, 0.3) is 5.69 Å². The van der Waals surface area contributed by atoms with E-state index in [0.717, 1.165) is 33.9 Å². The number of carbonyl (C=O) groups is 1. The first kappa shape index (κ1) is 19.4. The fourth-order valence-corrected chi connectivity index (χ4v) is 4.82. The Labute approximate surface area is 174 Å². The van der Waals surface area contributed by atoms with Gasteiger partial charge in [-0.15, -0.1) is 11.8 Å². The third kappa shape index (κ3) is 3.46. The lowest BCUT2D eigenvalue weighted by atomic mass is 10.0. The zero-order valence-corrected chi connectivity index (χ0v) is 17.7. The molecule has 0 fully saturated rings. The second kappa shape index (κ2) is 7.83. The second-order valence-corrected chi connectivity index (χ2v) is 7.99. The van der Waals surface area contributed by atoms with E-state index in [0.29, 0.717) is 17.3 Å². The number of para-hydroxylation sites is 1.